The quantitative estimate of drug-likeness (QED) is 0.588. The van der Waals surface area contributed by atoms with Crippen molar-refractivity contribution in [3.8, 4) is 0 Å². The van der Waals surface area contributed by atoms with Crippen molar-refractivity contribution in [2.75, 3.05) is 0 Å². The Morgan fingerprint density at radius 2 is 1.18 bits per heavy atom. The predicted octanol–water partition coefficient (Wildman–Crippen LogP) is 5.73. The Morgan fingerprint density at radius 1 is 0.765 bits per heavy atom. The topological polar surface area (TPSA) is 0 Å². The molecule has 0 heterocycles. The molecule has 0 radical (unpaired) electrons. The van der Waals surface area contributed by atoms with Crippen molar-refractivity contribution in [2.45, 2.75) is 12.8 Å². The lowest BCUT2D eigenvalue weighted by Crippen LogP contribution is -1.73. The molecular weight excluding hydrogens is 275 g/mol. The molecule has 0 aromatic heterocycles. The van der Waals surface area contributed by atoms with E-state index in [4.69, 9.17) is 34.8 Å². The summed E-state index contributed by atoms with van der Waals surface area (Å²) in [4.78, 5) is 0. The van der Waals surface area contributed by atoms with Crippen molar-refractivity contribution in [3.63, 3.8) is 0 Å². The largest absolute Gasteiger partial charge is 0.122 e. The molecule has 0 fully saturated rings. The summed E-state index contributed by atoms with van der Waals surface area (Å²) >= 11 is 16.8. The summed E-state index contributed by atoms with van der Waals surface area (Å²) in [5.41, 5.74) is 2.34. The van der Waals surface area contributed by atoms with Crippen molar-refractivity contribution in [2.24, 2.45) is 0 Å². The van der Waals surface area contributed by atoms with E-state index in [2.05, 4.69) is 0 Å². The Hall–Kier alpha value is -0.690. The zero-order chi connectivity index (χ0) is 12.7. The molecular formula is C14H13Cl3. The van der Waals surface area contributed by atoms with Gasteiger partial charge in [0.15, 0.2) is 0 Å². The third-order valence-corrected chi connectivity index (χ3v) is 2.89. The normalized spacial score (nSPS) is 9.41. The highest BCUT2D eigenvalue weighted by Gasteiger charge is 1.87. The number of rotatable bonds is 1. The minimum Gasteiger partial charge on any atom is -0.122 e. The van der Waals surface area contributed by atoms with Crippen LogP contribution in [0.5, 0.6) is 0 Å². The number of hydrogen-bond acceptors (Lipinski definition) is 0. The van der Waals surface area contributed by atoms with Crippen LogP contribution in [0.3, 0.4) is 0 Å². The Morgan fingerprint density at radius 3 is 1.53 bits per heavy atom. The Bertz CT molecular complexity index is 411. The molecule has 3 heteroatoms. The predicted molar refractivity (Wildman–Crippen MR) is 77.2 cm³/mol. The first-order valence-electron chi connectivity index (χ1n) is 5.14. The molecule has 17 heavy (non-hydrogen) atoms. The van der Waals surface area contributed by atoms with E-state index >= 15 is 0 Å². The summed E-state index contributed by atoms with van der Waals surface area (Å²) in [6.07, 6.45) is 0. The number of aryl methyl sites for hydroxylation is 1. The van der Waals surface area contributed by atoms with Gasteiger partial charge in [0, 0.05) is 15.9 Å². The lowest BCUT2D eigenvalue weighted by Gasteiger charge is -1.91. The minimum absolute atomic E-state index is 0.553. The fraction of sp³-hybridized carbons (Fsp3) is 0.143. The van der Waals surface area contributed by atoms with Gasteiger partial charge in [-0.3, -0.25) is 0 Å². The van der Waals surface area contributed by atoms with E-state index in [9.17, 15) is 0 Å². The monoisotopic (exact) mass is 286 g/mol. The van der Waals surface area contributed by atoms with Gasteiger partial charge in [-0.2, -0.15) is 0 Å². The van der Waals surface area contributed by atoms with Crippen LogP contribution in [0.25, 0.3) is 0 Å². The zero-order valence-corrected chi connectivity index (χ0v) is 11.7. The van der Waals surface area contributed by atoms with Crippen LogP contribution in [0.1, 0.15) is 11.1 Å². The maximum absolute atomic E-state index is 5.63. The highest BCUT2D eigenvalue weighted by atomic mass is 35.5. The molecule has 0 unspecified atom stereocenters. The van der Waals surface area contributed by atoms with Gasteiger partial charge in [0.25, 0.3) is 0 Å². The highest BCUT2D eigenvalue weighted by Crippen LogP contribution is 2.10. The van der Waals surface area contributed by atoms with E-state index in [0.717, 1.165) is 15.6 Å². The summed E-state index contributed by atoms with van der Waals surface area (Å²) in [6, 6.07) is 15.2. The number of alkyl halides is 1. The van der Waals surface area contributed by atoms with Gasteiger partial charge in [0.2, 0.25) is 0 Å². The van der Waals surface area contributed by atoms with Crippen LogP contribution in [-0.4, -0.2) is 0 Å². The maximum atomic E-state index is 5.63. The lowest BCUT2D eigenvalue weighted by molar-refractivity contribution is 1.40. The van der Waals surface area contributed by atoms with Crippen LogP contribution in [0, 0.1) is 6.92 Å². The van der Waals surface area contributed by atoms with E-state index in [-0.39, 0.29) is 0 Å². The molecule has 2 aromatic rings. The minimum atomic E-state index is 0.553. The number of hydrogen-bond donors (Lipinski definition) is 0. The van der Waals surface area contributed by atoms with Gasteiger partial charge in [-0.05, 0) is 36.8 Å². The smallest absolute Gasteiger partial charge is 0.0474 e. The van der Waals surface area contributed by atoms with Gasteiger partial charge in [0.05, 0.1) is 0 Å². The summed E-state index contributed by atoms with van der Waals surface area (Å²) < 4.78 is 0. The molecule has 2 rings (SSSR count). The van der Waals surface area contributed by atoms with Gasteiger partial charge in [-0.15, -0.1) is 11.6 Å². The molecule has 0 nitrogen and oxygen atoms in total. The average molecular weight is 288 g/mol. The molecule has 0 aliphatic rings. The molecule has 0 saturated heterocycles. The Kier molecular flexibility index (Phi) is 6.43. The number of halogens is 3. The van der Waals surface area contributed by atoms with Gasteiger partial charge >= 0.3 is 0 Å². The van der Waals surface area contributed by atoms with Crippen LogP contribution in [0.15, 0.2) is 48.5 Å². The van der Waals surface area contributed by atoms with Crippen molar-refractivity contribution in [1.82, 2.24) is 0 Å². The second-order valence-corrected chi connectivity index (χ2v) is 4.70. The SMILES string of the molecule is Cc1ccc(Cl)cc1.ClCc1ccc(Cl)cc1. The fourth-order valence-electron chi connectivity index (χ4n) is 1.11. The molecule has 0 spiro atoms. The van der Waals surface area contributed by atoms with Gasteiger partial charge in [0.1, 0.15) is 0 Å². The Balaban J connectivity index is 0.000000171. The van der Waals surface area contributed by atoms with E-state index in [1.165, 1.54) is 5.56 Å². The number of benzene rings is 2. The summed E-state index contributed by atoms with van der Waals surface area (Å²) in [5, 5.41) is 1.56. The lowest BCUT2D eigenvalue weighted by atomic mass is 10.2. The summed E-state index contributed by atoms with van der Waals surface area (Å²) in [7, 11) is 0. The van der Waals surface area contributed by atoms with E-state index in [1.807, 2.05) is 55.5 Å². The van der Waals surface area contributed by atoms with Crippen LogP contribution < -0.4 is 0 Å². The van der Waals surface area contributed by atoms with Crippen LogP contribution >= 0.6 is 34.8 Å². The van der Waals surface area contributed by atoms with Crippen LogP contribution in [0.2, 0.25) is 10.0 Å². The Labute approximate surface area is 117 Å². The zero-order valence-electron chi connectivity index (χ0n) is 9.46. The van der Waals surface area contributed by atoms with Crippen molar-refractivity contribution >= 4 is 34.8 Å². The first-order chi connectivity index (χ1) is 8.11. The second kappa shape index (κ2) is 7.60. The summed E-state index contributed by atoms with van der Waals surface area (Å²) in [5.74, 6) is 0.553. The summed E-state index contributed by atoms with van der Waals surface area (Å²) in [6.45, 7) is 2.04. The highest BCUT2D eigenvalue weighted by molar-refractivity contribution is 6.30. The van der Waals surface area contributed by atoms with Gasteiger partial charge < -0.3 is 0 Å². The van der Waals surface area contributed by atoms with Crippen molar-refractivity contribution < 1.29 is 0 Å². The van der Waals surface area contributed by atoms with Crippen LogP contribution in [-0.2, 0) is 5.88 Å². The van der Waals surface area contributed by atoms with Gasteiger partial charge in [-0.1, -0.05) is 53.0 Å². The van der Waals surface area contributed by atoms with Crippen molar-refractivity contribution in [1.29, 1.82) is 0 Å². The van der Waals surface area contributed by atoms with E-state index < -0.39 is 0 Å². The molecule has 2 aromatic carbocycles. The first-order valence-corrected chi connectivity index (χ1v) is 6.43. The van der Waals surface area contributed by atoms with E-state index in [0.29, 0.717) is 5.88 Å². The molecule has 0 amide bonds. The van der Waals surface area contributed by atoms with Gasteiger partial charge in [-0.25, -0.2) is 0 Å². The standard InChI is InChI=1S/C7H6Cl2.C7H7Cl/c8-5-6-1-3-7(9)4-2-6;1-6-2-4-7(8)5-3-6/h1-4H,5H2;2-5H,1H3. The molecule has 0 aliphatic carbocycles. The fourth-order valence-corrected chi connectivity index (χ4v) is 1.54. The first kappa shape index (κ1) is 14.4. The third-order valence-electron chi connectivity index (χ3n) is 2.08. The van der Waals surface area contributed by atoms with E-state index in [1.54, 1.807) is 0 Å². The average Bonchev–Trinajstić information content (AvgIpc) is 2.35. The molecule has 0 bridgehead atoms. The molecule has 90 valence electrons. The molecule has 0 saturated carbocycles. The third kappa shape index (κ3) is 5.97. The second-order valence-electron chi connectivity index (χ2n) is 3.56. The molecule has 0 atom stereocenters. The molecule has 0 N–H and O–H groups in total. The molecule has 0 aliphatic heterocycles. The maximum Gasteiger partial charge on any atom is 0.0474 e. The van der Waals surface area contributed by atoms with Crippen LogP contribution in [0.4, 0.5) is 0 Å². The van der Waals surface area contributed by atoms with Crippen molar-refractivity contribution in [3.05, 3.63) is 69.7 Å².